The molecule has 0 bridgehead atoms. The van der Waals surface area contributed by atoms with Gasteiger partial charge in [0.15, 0.2) is 0 Å². The first-order valence-electron chi connectivity index (χ1n) is 7.75. The van der Waals surface area contributed by atoms with Crippen LogP contribution in [0.4, 0.5) is 0 Å². The van der Waals surface area contributed by atoms with Crippen LogP contribution in [0.2, 0.25) is 0 Å². The van der Waals surface area contributed by atoms with E-state index in [9.17, 15) is 4.79 Å². The summed E-state index contributed by atoms with van der Waals surface area (Å²) in [6.45, 7) is 7.68. The van der Waals surface area contributed by atoms with Gasteiger partial charge in [-0.25, -0.2) is 4.79 Å². The van der Waals surface area contributed by atoms with Gasteiger partial charge in [-0.15, -0.1) is 0 Å². The summed E-state index contributed by atoms with van der Waals surface area (Å²) in [5.74, 6) is -0.766. The van der Waals surface area contributed by atoms with Gasteiger partial charge in [-0.3, -0.25) is 0 Å². The van der Waals surface area contributed by atoms with Crippen LogP contribution < -0.4 is 0 Å². The van der Waals surface area contributed by atoms with Crippen LogP contribution in [-0.2, 0) is 4.79 Å². The molecule has 0 aliphatic rings. The lowest BCUT2D eigenvalue weighted by atomic mass is 10.1. The quantitative estimate of drug-likeness (QED) is 0.491. The van der Waals surface area contributed by atoms with Crippen molar-refractivity contribution in [1.82, 2.24) is 0 Å². The number of benzene rings is 1. The smallest absolute Gasteiger partial charge is 0.331 e. The van der Waals surface area contributed by atoms with E-state index in [2.05, 4.69) is 13.5 Å². The number of hydrogen-bond acceptors (Lipinski definition) is 1. The van der Waals surface area contributed by atoms with Gasteiger partial charge >= 0.3 is 5.97 Å². The second-order valence-corrected chi connectivity index (χ2v) is 4.85. The fraction of sp³-hybridized carbons (Fsp3) is 0.421. The molecule has 0 saturated carbocycles. The first-order valence-corrected chi connectivity index (χ1v) is 7.75. The molecule has 0 radical (unpaired) electrons. The van der Waals surface area contributed by atoms with E-state index in [0.29, 0.717) is 12.0 Å². The lowest BCUT2D eigenvalue weighted by Gasteiger charge is -1.98. The third-order valence-electron chi connectivity index (χ3n) is 3.14. The fourth-order valence-corrected chi connectivity index (χ4v) is 1.82. The Morgan fingerprint density at radius 3 is 2.24 bits per heavy atom. The van der Waals surface area contributed by atoms with Crippen LogP contribution >= 0.6 is 0 Å². The molecule has 2 heteroatoms. The van der Waals surface area contributed by atoms with Crippen LogP contribution in [0, 0.1) is 0 Å². The summed E-state index contributed by atoms with van der Waals surface area (Å²) in [6.07, 6.45) is 10.0. The van der Waals surface area contributed by atoms with Crippen molar-refractivity contribution >= 4 is 12.0 Å². The predicted octanol–water partition coefficient (Wildman–Crippen LogP) is 5.71. The molecule has 0 fully saturated rings. The molecule has 1 N–H and O–H groups in total. The lowest BCUT2D eigenvalue weighted by molar-refractivity contribution is -0.132. The Bertz CT molecular complexity index is 418. The monoisotopic (exact) mass is 288 g/mol. The molecule has 0 aromatic heterocycles. The topological polar surface area (TPSA) is 37.3 Å². The Labute approximate surface area is 129 Å². The predicted molar refractivity (Wildman–Crippen MR) is 91.3 cm³/mol. The summed E-state index contributed by atoms with van der Waals surface area (Å²) >= 11 is 0. The van der Waals surface area contributed by atoms with E-state index in [0.717, 1.165) is 12.8 Å². The highest BCUT2D eigenvalue weighted by Gasteiger charge is 2.02. The van der Waals surface area contributed by atoms with Gasteiger partial charge in [0.25, 0.3) is 0 Å². The van der Waals surface area contributed by atoms with Gasteiger partial charge in [-0.2, -0.15) is 0 Å². The average Bonchev–Trinajstić information content (AvgIpc) is 2.52. The van der Waals surface area contributed by atoms with E-state index in [4.69, 9.17) is 5.11 Å². The third kappa shape index (κ3) is 10.6. The van der Waals surface area contributed by atoms with Crippen molar-refractivity contribution in [2.45, 2.75) is 52.4 Å². The minimum absolute atomic E-state index is 0.552. The van der Waals surface area contributed by atoms with Crippen molar-refractivity contribution in [2.75, 3.05) is 0 Å². The lowest BCUT2D eigenvalue weighted by Crippen LogP contribution is -1.98. The summed E-state index contributed by atoms with van der Waals surface area (Å²) < 4.78 is 0. The zero-order valence-corrected chi connectivity index (χ0v) is 13.3. The van der Waals surface area contributed by atoms with Crippen LogP contribution in [0.25, 0.3) is 6.08 Å². The Balaban J connectivity index is 0.000000423. The van der Waals surface area contributed by atoms with Gasteiger partial charge in [-0.05, 0) is 24.8 Å². The van der Waals surface area contributed by atoms with Gasteiger partial charge in [0.05, 0.1) is 0 Å². The number of unbranched alkanes of at least 4 members (excludes halogenated alkanes) is 4. The number of carbonyl (C=O) groups is 1. The number of carboxylic acid groups (broad SMARTS) is 1. The summed E-state index contributed by atoms with van der Waals surface area (Å²) in [7, 11) is 0. The Morgan fingerprint density at radius 1 is 1.14 bits per heavy atom. The van der Waals surface area contributed by atoms with Crippen molar-refractivity contribution < 1.29 is 9.90 Å². The zero-order valence-electron chi connectivity index (χ0n) is 13.3. The normalized spacial score (nSPS) is 10.5. The van der Waals surface area contributed by atoms with E-state index < -0.39 is 5.97 Å². The van der Waals surface area contributed by atoms with Crippen LogP contribution in [0.3, 0.4) is 0 Å². The van der Waals surface area contributed by atoms with E-state index in [1.54, 1.807) is 0 Å². The average molecular weight is 288 g/mol. The summed E-state index contributed by atoms with van der Waals surface area (Å²) in [5.41, 5.74) is 1.73. The first kappa shape index (κ1) is 19.2. The highest BCUT2D eigenvalue weighted by Crippen LogP contribution is 2.07. The molecule has 1 aromatic rings. The maximum absolute atomic E-state index is 10.6. The standard InChI is InChI=1S/C11H20O2.C8H8/c1-3-5-6-7-8-9-10(4-2)11(12)13;1-2-8-6-4-3-5-7-8/h9H,3-8H2,1-2H3,(H,12,13);2-7H,1H2/b10-9-;. The number of rotatable bonds is 8. The molecule has 2 nitrogen and oxygen atoms in total. The highest BCUT2D eigenvalue weighted by atomic mass is 16.4. The molecule has 116 valence electrons. The maximum atomic E-state index is 10.6. The molecule has 0 saturated heterocycles. The van der Waals surface area contributed by atoms with Gasteiger partial charge in [0.2, 0.25) is 0 Å². The summed E-state index contributed by atoms with van der Waals surface area (Å²) in [6, 6.07) is 10.0. The molecule has 21 heavy (non-hydrogen) atoms. The van der Waals surface area contributed by atoms with Gasteiger partial charge in [-0.1, -0.05) is 82.2 Å². The Morgan fingerprint density at radius 2 is 1.81 bits per heavy atom. The van der Waals surface area contributed by atoms with Gasteiger partial charge < -0.3 is 5.11 Å². The van der Waals surface area contributed by atoms with Gasteiger partial charge in [0.1, 0.15) is 0 Å². The number of hydrogen-bond donors (Lipinski definition) is 1. The minimum Gasteiger partial charge on any atom is -0.478 e. The molecular formula is C19H28O2. The molecule has 0 atom stereocenters. The molecule has 0 unspecified atom stereocenters. The molecule has 1 rings (SSSR count). The second-order valence-electron chi connectivity index (χ2n) is 4.85. The van der Waals surface area contributed by atoms with E-state index >= 15 is 0 Å². The fourth-order valence-electron chi connectivity index (χ4n) is 1.82. The minimum atomic E-state index is -0.766. The zero-order chi connectivity index (χ0) is 15.9. The van der Waals surface area contributed by atoms with Crippen molar-refractivity contribution in [2.24, 2.45) is 0 Å². The van der Waals surface area contributed by atoms with Crippen molar-refractivity contribution in [3.05, 3.63) is 54.1 Å². The van der Waals surface area contributed by atoms with Crippen LogP contribution in [-0.4, -0.2) is 11.1 Å². The Hall–Kier alpha value is -1.83. The van der Waals surface area contributed by atoms with Crippen molar-refractivity contribution in [1.29, 1.82) is 0 Å². The molecule has 0 heterocycles. The second kappa shape index (κ2) is 13.2. The van der Waals surface area contributed by atoms with Crippen LogP contribution in [0.5, 0.6) is 0 Å². The van der Waals surface area contributed by atoms with Crippen LogP contribution in [0.15, 0.2) is 48.6 Å². The first-order chi connectivity index (χ1) is 10.2. The molecule has 1 aromatic carbocycles. The van der Waals surface area contributed by atoms with E-state index in [1.807, 2.05) is 49.4 Å². The van der Waals surface area contributed by atoms with Crippen molar-refractivity contribution in [3.63, 3.8) is 0 Å². The third-order valence-corrected chi connectivity index (χ3v) is 3.14. The number of allylic oxidation sites excluding steroid dienone is 1. The van der Waals surface area contributed by atoms with E-state index in [1.165, 1.54) is 24.8 Å². The largest absolute Gasteiger partial charge is 0.478 e. The molecular weight excluding hydrogens is 260 g/mol. The maximum Gasteiger partial charge on any atom is 0.331 e. The number of carboxylic acids is 1. The highest BCUT2D eigenvalue weighted by molar-refractivity contribution is 5.86. The van der Waals surface area contributed by atoms with Crippen LogP contribution in [0.1, 0.15) is 57.9 Å². The number of aliphatic carboxylic acids is 1. The Kier molecular flexibility index (Phi) is 12.0. The molecule has 0 amide bonds. The van der Waals surface area contributed by atoms with Crippen molar-refractivity contribution in [3.8, 4) is 0 Å². The molecule has 0 spiro atoms. The van der Waals surface area contributed by atoms with Gasteiger partial charge in [0, 0.05) is 5.57 Å². The summed E-state index contributed by atoms with van der Waals surface area (Å²) in [4.78, 5) is 10.6. The summed E-state index contributed by atoms with van der Waals surface area (Å²) in [5, 5.41) is 8.71. The molecule has 0 aliphatic heterocycles. The molecule has 0 aliphatic carbocycles. The SMILES string of the molecule is C=Cc1ccccc1.CCCCCC/C=C(/CC)C(=O)O. The van der Waals surface area contributed by atoms with E-state index in [-0.39, 0.29) is 0 Å².